The number of anilines is 1. The van der Waals surface area contributed by atoms with Gasteiger partial charge in [0, 0.05) is 12.1 Å². The molecule has 134 valence electrons. The van der Waals surface area contributed by atoms with E-state index in [9.17, 15) is 13.2 Å². The molecule has 1 heterocycles. The average Bonchev–Trinajstić information content (AvgIpc) is 2.97. The van der Waals surface area contributed by atoms with Gasteiger partial charge in [0.15, 0.2) is 9.84 Å². The predicted molar refractivity (Wildman–Crippen MR) is 97.7 cm³/mol. The molecule has 0 aliphatic carbocycles. The fraction of sp³-hybridized carbons (Fsp3) is 0.611. The molecule has 1 fully saturated rings. The minimum Gasteiger partial charge on any atom is -0.326 e. The van der Waals surface area contributed by atoms with Crippen LogP contribution in [0.25, 0.3) is 0 Å². The van der Waals surface area contributed by atoms with Crippen molar-refractivity contribution in [1.29, 1.82) is 0 Å². The van der Waals surface area contributed by atoms with Crippen LogP contribution in [-0.4, -0.2) is 32.2 Å². The molecule has 1 amide bonds. The molecule has 0 spiro atoms. The van der Waals surface area contributed by atoms with Crippen molar-refractivity contribution in [2.75, 3.05) is 18.4 Å². The quantitative estimate of drug-likeness (QED) is 0.825. The van der Waals surface area contributed by atoms with Gasteiger partial charge in [-0.05, 0) is 70.3 Å². The lowest BCUT2D eigenvalue weighted by Gasteiger charge is -2.19. The molecule has 6 heteroatoms. The van der Waals surface area contributed by atoms with Gasteiger partial charge in [-0.1, -0.05) is 12.1 Å². The first-order chi connectivity index (χ1) is 11.2. The van der Waals surface area contributed by atoms with Crippen LogP contribution in [0.2, 0.25) is 0 Å². The first kappa shape index (κ1) is 18.9. The van der Waals surface area contributed by atoms with Crippen molar-refractivity contribution in [2.45, 2.75) is 50.5 Å². The van der Waals surface area contributed by atoms with Crippen LogP contribution < -0.4 is 10.6 Å². The zero-order chi connectivity index (χ0) is 17.8. The summed E-state index contributed by atoms with van der Waals surface area (Å²) in [4.78, 5) is 12.1. The van der Waals surface area contributed by atoms with Gasteiger partial charge < -0.3 is 10.6 Å². The van der Waals surface area contributed by atoms with E-state index in [2.05, 4.69) is 10.6 Å². The van der Waals surface area contributed by atoms with Crippen LogP contribution >= 0.6 is 0 Å². The SMILES string of the molecule is CC(C)(C)S(=O)(=O)Cc1cccc(NC(=O)CCC2CCNC2)c1. The Morgan fingerprint density at radius 1 is 1.33 bits per heavy atom. The number of sulfone groups is 1. The Morgan fingerprint density at radius 3 is 2.71 bits per heavy atom. The average molecular weight is 353 g/mol. The van der Waals surface area contributed by atoms with E-state index in [1.54, 1.807) is 45.0 Å². The molecule has 24 heavy (non-hydrogen) atoms. The van der Waals surface area contributed by atoms with Gasteiger partial charge in [0.1, 0.15) is 0 Å². The molecule has 0 bridgehead atoms. The summed E-state index contributed by atoms with van der Waals surface area (Å²) in [6.45, 7) is 7.13. The lowest BCUT2D eigenvalue weighted by Crippen LogP contribution is -2.29. The van der Waals surface area contributed by atoms with Crippen molar-refractivity contribution in [3.05, 3.63) is 29.8 Å². The van der Waals surface area contributed by atoms with E-state index < -0.39 is 14.6 Å². The monoisotopic (exact) mass is 352 g/mol. The summed E-state index contributed by atoms with van der Waals surface area (Å²) in [7, 11) is -3.24. The Kier molecular flexibility index (Phi) is 6.04. The lowest BCUT2D eigenvalue weighted by molar-refractivity contribution is -0.116. The molecule has 0 saturated carbocycles. The Labute approximate surface area is 145 Å². The van der Waals surface area contributed by atoms with Crippen molar-refractivity contribution in [3.8, 4) is 0 Å². The second-order valence-electron chi connectivity index (χ2n) is 7.52. The summed E-state index contributed by atoms with van der Waals surface area (Å²) in [6, 6.07) is 7.10. The van der Waals surface area contributed by atoms with Crippen molar-refractivity contribution in [2.24, 2.45) is 5.92 Å². The van der Waals surface area contributed by atoms with Crippen LogP contribution in [0.15, 0.2) is 24.3 Å². The minimum atomic E-state index is -3.24. The maximum Gasteiger partial charge on any atom is 0.224 e. The minimum absolute atomic E-state index is 0.0160. The van der Waals surface area contributed by atoms with Gasteiger partial charge in [-0.15, -0.1) is 0 Å². The topological polar surface area (TPSA) is 75.3 Å². The number of nitrogens with one attached hydrogen (secondary N) is 2. The van der Waals surface area contributed by atoms with Crippen molar-refractivity contribution in [1.82, 2.24) is 5.32 Å². The standard InChI is InChI=1S/C18H28N2O3S/c1-18(2,3)24(22,23)13-15-5-4-6-16(11-15)20-17(21)8-7-14-9-10-19-12-14/h4-6,11,14,19H,7-10,12-13H2,1-3H3,(H,20,21). The molecular weight excluding hydrogens is 324 g/mol. The number of benzene rings is 1. The van der Waals surface area contributed by atoms with Crippen LogP contribution in [-0.2, 0) is 20.4 Å². The van der Waals surface area contributed by atoms with Gasteiger partial charge in [0.05, 0.1) is 10.5 Å². The molecule has 1 aromatic carbocycles. The van der Waals surface area contributed by atoms with Crippen LogP contribution in [0.3, 0.4) is 0 Å². The largest absolute Gasteiger partial charge is 0.326 e. The third-order valence-electron chi connectivity index (χ3n) is 4.44. The van der Waals surface area contributed by atoms with Crippen molar-refractivity contribution in [3.63, 3.8) is 0 Å². The van der Waals surface area contributed by atoms with E-state index in [1.165, 1.54) is 0 Å². The molecule has 1 aromatic rings. The number of hydrogen-bond donors (Lipinski definition) is 2. The first-order valence-corrected chi connectivity index (χ1v) is 10.1. The summed E-state index contributed by atoms with van der Waals surface area (Å²) >= 11 is 0. The smallest absolute Gasteiger partial charge is 0.224 e. The van der Waals surface area contributed by atoms with E-state index in [0.29, 0.717) is 23.6 Å². The summed E-state index contributed by atoms with van der Waals surface area (Å²) in [5, 5.41) is 6.18. The van der Waals surface area contributed by atoms with Crippen molar-refractivity contribution >= 4 is 21.4 Å². The molecule has 1 aliphatic heterocycles. The third-order valence-corrected chi connectivity index (χ3v) is 7.02. The van der Waals surface area contributed by atoms with Gasteiger partial charge in [-0.25, -0.2) is 8.42 Å². The molecule has 5 nitrogen and oxygen atoms in total. The Bertz CT molecular complexity index is 672. The first-order valence-electron chi connectivity index (χ1n) is 8.49. The van der Waals surface area contributed by atoms with E-state index in [-0.39, 0.29) is 11.7 Å². The highest BCUT2D eigenvalue weighted by Gasteiger charge is 2.29. The van der Waals surface area contributed by atoms with Gasteiger partial charge in [0.25, 0.3) is 0 Å². The zero-order valence-corrected chi connectivity index (χ0v) is 15.6. The highest BCUT2D eigenvalue weighted by atomic mass is 32.2. The van der Waals surface area contributed by atoms with Gasteiger partial charge in [-0.3, -0.25) is 4.79 Å². The molecule has 0 aromatic heterocycles. The van der Waals surface area contributed by atoms with Gasteiger partial charge in [-0.2, -0.15) is 0 Å². The summed E-state index contributed by atoms with van der Waals surface area (Å²) in [5.74, 6) is 0.547. The fourth-order valence-corrected chi connectivity index (χ4v) is 3.75. The Hall–Kier alpha value is -1.40. The molecule has 2 N–H and O–H groups in total. The molecule has 1 atom stereocenters. The Morgan fingerprint density at radius 2 is 2.08 bits per heavy atom. The number of amides is 1. The van der Waals surface area contributed by atoms with Crippen molar-refractivity contribution < 1.29 is 13.2 Å². The van der Waals surface area contributed by atoms with E-state index in [4.69, 9.17) is 0 Å². The third kappa shape index (κ3) is 5.31. The highest BCUT2D eigenvalue weighted by molar-refractivity contribution is 7.91. The Balaban J connectivity index is 1.93. The second-order valence-corrected chi connectivity index (χ2v) is 10.3. The number of rotatable bonds is 6. The van der Waals surface area contributed by atoms with Gasteiger partial charge in [0.2, 0.25) is 5.91 Å². The predicted octanol–water partition coefficient (Wildman–Crippen LogP) is 2.73. The summed E-state index contributed by atoms with van der Waals surface area (Å²) in [5.41, 5.74) is 1.36. The maximum absolute atomic E-state index is 12.3. The van der Waals surface area contributed by atoms with Gasteiger partial charge >= 0.3 is 0 Å². The van der Waals surface area contributed by atoms with E-state index >= 15 is 0 Å². The van der Waals surface area contributed by atoms with Crippen LogP contribution in [0, 0.1) is 5.92 Å². The molecule has 1 saturated heterocycles. The molecule has 2 rings (SSSR count). The summed E-state index contributed by atoms with van der Waals surface area (Å²) < 4.78 is 23.8. The normalized spacial score (nSPS) is 18.5. The van der Waals surface area contributed by atoms with Crippen LogP contribution in [0.5, 0.6) is 0 Å². The second kappa shape index (κ2) is 7.66. The molecule has 1 unspecified atom stereocenters. The summed E-state index contributed by atoms with van der Waals surface area (Å²) in [6.07, 6.45) is 2.52. The van der Waals surface area contributed by atoms with E-state index in [1.807, 2.05) is 0 Å². The molecular formula is C18H28N2O3S. The van der Waals surface area contributed by atoms with E-state index in [0.717, 1.165) is 25.9 Å². The lowest BCUT2D eigenvalue weighted by atomic mass is 10.0. The number of carbonyl (C=O) groups excluding carboxylic acids is 1. The highest BCUT2D eigenvalue weighted by Crippen LogP contribution is 2.22. The molecule has 0 radical (unpaired) electrons. The number of carbonyl (C=O) groups is 1. The maximum atomic E-state index is 12.3. The fourth-order valence-electron chi connectivity index (χ4n) is 2.69. The van der Waals surface area contributed by atoms with Crippen LogP contribution in [0.4, 0.5) is 5.69 Å². The number of hydrogen-bond acceptors (Lipinski definition) is 4. The van der Waals surface area contributed by atoms with Crippen LogP contribution in [0.1, 0.15) is 45.6 Å². The zero-order valence-electron chi connectivity index (χ0n) is 14.8. The molecule has 1 aliphatic rings.